The summed E-state index contributed by atoms with van der Waals surface area (Å²) < 4.78 is 1.98. The second-order valence-electron chi connectivity index (χ2n) is 6.05. The molecule has 104 valence electrons. The van der Waals surface area contributed by atoms with Crippen molar-refractivity contribution < 1.29 is 4.79 Å². The second-order valence-corrected chi connectivity index (χ2v) is 7.03. The summed E-state index contributed by atoms with van der Waals surface area (Å²) in [5.74, 6) is 1.13. The molecule has 0 atom stereocenters. The maximum absolute atomic E-state index is 12.3. The number of fused-ring (bicyclic) bond motifs is 1. The standard InChI is InChI=1S/C13H20N4OS/c1-7(2)10-15-16-12-17(10)8(3)9(19-12)11(18)14-13(4,5)6/h7H,1-6H3,(H,14,18). The molecule has 0 aliphatic carbocycles. The van der Waals surface area contributed by atoms with E-state index in [0.717, 1.165) is 16.5 Å². The summed E-state index contributed by atoms with van der Waals surface area (Å²) in [4.78, 5) is 13.8. The number of aromatic nitrogens is 3. The lowest BCUT2D eigenvalue weighted by Gasteiger charge is -2.20. The fourth-order valence-electron chi connectivity index (χ4n) is 1.91. The van der Waals surface area contributed by atoms with Crippen molar-refractivity contribution in [2.24, 2.45) is 0 Å². The third-order valence-corrected chi connectivity index (χ3v) is 3.86. The number of thiazole rings is 1. The number of hydrogen-bond donors (Lipinski definition) is 1. The highest BCUT2D eigenvalue weighted by Gasteiger charge is 2.23. The van der Waals surface area contributed by atoms with E-state index < -0.39 is 0 Å². The summed E-state index contributed by atoms with van der Waals surface area (Å²) >= 11 is 1.39. The van der Waals surface area contributed by atoms with Crippen LogP contribution in [0.2, 0.25) is 0 Å². The van der Waals surface area contributed by atoms with Crippen molar-refractivity contribution in [3.63, 3.8) is 0 Å². The number of hydrogen-bond acceptors (Lipinski definition) is 4. The third-order valence-electron chi connectivity index (χ3n) is 2.73. The first kappa shape index (κ1) is 14.0. The van der Waals surface area contributed by atoms with Crippen LogP contribution in [0.4, 0.5) is 0 Å². The van der Waals surface area contributed by atoms with Gasteiger partial charge in [0.2, 0.25) is 4.96 Å². The Balaban J connectivity index is 2.46. The van der Waals surface area contributed by atoms with Gasteiger partial charge < -0.3 is 5.32 Å². The molecule has 0 fully saturated rings. The molecule has 2 heterocycles. The highest BCUT2D eigenvalue weighted by atomic mass is 32.1. The van der Waals surface area contributed by atoms with Crippen LogP contribution in [0.5, 0.6) is 0 Å². The molecular formula is C13H20N4OS. The van der Waals surface area contributed by atoms with Crippen LogP contribution in [0.3, 0.4) is 0 Å². The quantitative estimate of drug-likeness (QED) is 0.920. The zero-order valence-electron chi connectivity index (χ0n) is 12.2. The van der Waals surface area contributed by atoms with E-state index in [1.54, 1.807) is 0 Å². The van der Waals surface area contributed by atoms with E-state index in [-0.39, 0.29) is 17.4 Å². The number of nitrogens with zero attached hydrogens (tertiary/aromatic N) is 3. The van der Waals surface area contributed by atoms with Crippen molar-refractivity contribution in [3.8, 4) is 0 Å². The fraction of sp³-hybridized carbons (Fsp3) is 0.615. The van der Waals surface area contributed by atoms with Crippen molar-refractivity contribution in [1.82, 2.24) is 19.9 Å². The number of rotatable bonds is 2. The van der Waals surface area contributed by atoms with Gasteiger partial charge >= 0.3 is 0 Å². The smallest absolute Gasteiger partial charge is 0.263 e. The molecule has 0 aliphatic heterocycles. The molecule has 0 saturated heterocycles. The Kier molecular flexibility index (Phi) is 3.38. The van der Waals surface area contributed by atoms with E-state index in [2.05, 4.69) is 29.4 Å². The van der Waals surface area contributed by atoms with Crippen molar-refractivity contribution in [1.29, 1.82) is 0 Å². The Hall–Kier alpha value is -1.43. The van der Waals surface area contributed by atoms with Crippen LogP contribution in [0, 0.1) is 6.92 Å². The molecule has 1 N–H and O–H groups in total. The Morgan fingerprint density at radius 2 is 1.95 bits per heavy atom. The minimum absolute atomic E-state index is 0.0461. The van der Waals surface area contributed by atoms with E-state index in [1.165, 1.54) is 11.3 Å². The van der Waals surface area contributed by atoms with Crippen molar-refractivity contribution >= 4 is 22.2 Å². The van der Waals surface area contributed by atoms with Gasteiger partial charge in [-0.25, -0.2) is 0 Å². The van der Waals surface area contributed by atoms with Crippen LogP contribution >= 0.6 is 11.3 Å². The lowest BCUT2D eigenvalue weighted by Crippen LogP contribution is -2.40. The molecule has 0 spiro atoms. The van der Waals surface area contributed by atoms with Gasteiger partial charge in [-0.05, 0) is 27.7 Å². The van der Waals surface area contributed by atoms with Crippen molar-refractivity contribution in [2.75, 3.05) is 0 Å². The van der Waals surface area contributed by atoms with E-state index in [1.807, 2.05) is 32.1 Å². The number of carbonyl (C=O) groups is 1. The van der Waals surface area contributed by atoms with Crippen LogP contribution in [0.15, 0.2) is 0 Å². The molecule has 6 heteroatoms. The summed E-state index contributed by atoms with van der Waals surface area (Å²) in [6.45, 7) is 12.0. The molecule has 0 bridgehead atoms. The van der Waals surface area contributed by atoms with E-state index in [9.17, 15) is 4.79 Å². The first-order valence-electron chi connectivity index (χ1n) is 6.37. The topological polar surface area (TPSA) is 59.3 Å². The van der Waals surface area contributed by atoms with Gasteiger partial charge in [-0.3, -0.25) is 9.20 Å². The maximum Gasteiger partial charge on any atom is 0.263 e. The highest BCUT2D eigenvalue weighted by Crippen LogP contribution is 2.26. The van der Waals surface area contributed by atoms with Gasteiger partial charge in [0.1, 0.15) is 10.7 Å². The second kappa shape index (κ2) is 4.59. The maximum atomic E-state index is 12.3. The van der Waals surface area contributed by atoms with Crippen LogP contribution < -0.4 is 5.32 Å². The van der Waals surface area contributed by atoms with Gasteiger partial charge in [-0.1, -0.05) is 25.2 Å². The molecule has 5 nitrogen and oxygen atoms in total. The Morgan fingerprint density at radius 3 is 2.47 bits per heavy atom. The summed E-state index contributed by atoms with van der Waals surface area (Å²) in [5, 5.41) is 11.3. The molecule has 2 aromatic heterocycles. The highest BCUT2D eigenvalue weighted by molar-refractivity contribution is 7.19. The van der Waals surface area contributed by atoms with Crippen LogP contribution in [-0.2, 0) is 0 Å². The van der Waals surface area contributed by atoms with E-state index >= 15 is 0 Å². The summed E-state index contributed by atoms with van der Waals surface area (Å²) in [6, 6.07) is 0. The average Bonchev–Trinajstić information content (AvgIpc) is 2.76. The lowest BCUT2D eigenvalue weighted by atomic mass is 10.1. The van der Waals surface area contributed by atoms with Crippen LogP contribution in [-0.4, -0.2) is 26.0 Å². The van der Waals surface area contributed by atoms with Crippen LogP contribution in [0.25, 0.3) is 4.96 Å². The third kappa shape index (κ3) is 2.63. The summed E-state index contributed by atoms with van der Waals surface area (Å²) in [6.07, 6.45) is 0. The van der Waals surface area contributed by atoms with Gasteiger partial charge in [0.25, 0.3) is 5.91 Å². The first-order chi connectivity index (χ1) is 8.70. The largest absolute Gasteiger partial charge is 0.347 e. The van der Waals surface area contributed by atoms with Crippen molar-refractivity contribution in [3.05, 3.63) is 16.4 Å². The molecule has 0 radical (unpaired) electrons. The van der Waals surface area contributed by atoms with Gasteiger partial charge in [-0.2, -0.15) is 0 Å². The predicted molar refractivity (Wildman–Crippen MR) is 76.9 cm³/mol. The number of amides is 1. The SMILES string of the molecule is Cc1c(C(=O)NC(C)(C)C)sc2nnc(C(C)C)n12. The van der Waals surface area contributed by atoms with Crippen molar-refractivity contribution in [2.45, 2.75) is 53.0 Å². The zero-order chi connectivity index (χ0) is 14.4. The van der Waals surface area contributed by atoms with E-state index in [0.29, 0.717) is 4.88 Å². The molecule has 1 amide bonds. The van der Waals surface area contributed by atoms with Crippen LogP contribution in [0.1, 0.15) is 61.7 Å². The number of aryl methyl sites for hydroxylation is 1. The van der Waals surface area contributed by atoms with Gasteiger partial charge in [0.15, 0.2) is 0 Å². The Bertz CT molecular complexity index is 618. The molecule has 0 aromatic carbocycles. The fourth-order valence-corrected chi connectivity index (χ4v) is 2.88. The van der Waals surface area contributed by atoms with Gasteiger partial charge in [-0.15, -0.1) is 10.2 Å². The Labute approximate surface area is 117 Å². The molecule has 2 aromatic rings. The number of nitrogens with one attached hydrogen (secondary N) is 1. The summed E-state index contributed by atoms with van der Waals surface area (Å²) in [7, 11) is 0. The van der Waals surface area contributed by atoms with E-state index in [4.69, 9.17) is 0 Å². The normalized spacial score (nSPS) is 12.4. The molecule has 0 saturated carbocycles. The molecular weight excluding hydrogens is 260 g/mol. The predicted octanol–water partition coefficient (Wildman–Crippen LogP) is 2.75. The molecule has 0 unspecified atom stereocenters. The first-order valence-corrected chi connectivity index (χ1v) is 7.19. The number of carbonyl (C=O) groups excluding carboxylic acids is 1. The zero-order valence-corrected chi connectivity index (χ0v) is 13.1. The molecule has 0 aliphatic rings. The minimum atomic E-state index is -0.241. The average molecular weight is 280 g/mol. The Morgan fingerprint density at radius 1 is 1.32 bits per heavy atom. The molecule has 19 heavy (non-hydrogen) atoms. The van der Waals surface area contributed by atoms with Gasteiger partial charge in [0.05, 0.1) is 0 Å². The lowest BCUT2D eigenvalue weighted by molar-refractivity contribution is 0.0923. The minimum Gasteiger partial charge on any atom is -0.347 e. The molecule has 2 rings (SSSR count). The monoisotopic (exact) mass is 280 g/mol. The summed E-state index contributed by atoms with van der Waals surface area (Å²) in [5.41, 5.74) is 0.671. The van der Waals surface area contributed by atoms with Gasteiger partial charge in [0, 0.05) is 17.2 Å².